The van der Waals surface area contributed by atoms with Crippen LogP contribution in [0.15, 0.2) is 35.9 Å². The summed E-state index contributed by atoms with van der Waals surface area (Å²) in [6, 6.07) is 1.000. The van der Waals surface area contributed by atoms with Gasteiger partial charge in [0.1, 0.15) is 5.56 Å². The van der Waals surface area contributed by atoms with Gasteiger partial charge in [0, 0.05) is 18.5 Å². The van der Waals surface area contributed by atoms with Crippen molar-refractivity contribution in [1.29, 1.82) is 0 Å². The molecule has 0 fully saturated rings. The Morgan fingerprint density at radius 2 is 2.36 bits per heavy atom. The highest BCUT2D eigenvalue weighted by molar-refractivity contribution is 5.86. The van der Waals surface area contributed by atoms with E-state index in [4.69, 9.17) is 5.11 Å². The van der Waals surface area contributed by atoms with Crippen molar-refractivity contribution in [3.8, 4) is 0 Å². The minimum Gasteiger partial charge on any atom is -0.477 e. The first kappa shape index (κ1) is 10.2. The van der Waals surface area contributed by atoms with Gasteiger partial charge in [-0.25, -0.2) is 9.18 Å². The van der Waals surface area contributed by atoms with Gasteiger partial charge in [0.15, 0.2) is 11.7 Å². The molecule has 1 unspecified atom stereocenters. The summed E-state index contributed by atoms with van der Waals surface area (Å²) in [6.07, 6.45) is 1.57. The average Bonchev–Trinajstić information content (AvgIpc) is 2.17. The smallest absolute Gasteiger partial charge is 0.341 e. The fourth-order valence-electron chi connectivity index (χ4n) is 0.935. The molecular weight excluding hydrogens is 189 g/mol. The van der Waals surface area contributed by atoms with Gasteiger partial charge in [-0.05, 0) is 6.08 Å². The van der Waals surface area contributed by atoms with Crippen molar-refractivity contribution in [2.75, 3.05) is 0 Å². The maximum absolute atomic E-state index is 13.0. The van der Waals surface area contributed by atoms with Crippen molar-refractivity contribution >= 4 is 5.97 Å². The monoisotopic (exact) mass is 197 g/mol. The number of allylic oxidation sites excluding steroid dienone is 1. The Morgan fingerprint density at radius 3 is 2.86 bits per heavy atom. The molecule has 0 saturated heterocycles. The number of carboxylic acid groups (broad SMARTS) is 1. The molecule has 0 bridgehead atoms. The maximum atomic E-state index is 13.0. The first-order chi connectivity index (χ1) is 6.56. The molecule has 1 aromatic heterocycles. The number of pyridine rings is 1. The van der Waals surface area contributed by atoms with Gasteiger partial charge in [-0.2, -0.15) is 0 Å². The maximum Gasteiger partial charge on any atom is 0.341 e. The van der Waals surface area contributed by atoms with Crippen molar-refractivity contribution in [3.05, 3.63) is 46.9 Å². The van der Waals surface area contributed by atoms with Gasteiger partial charge in [-0.3, -0.25) is 4.79 Å². The molecule has 0 aliphatic heterocycles. The third-order valence-electron chi connectivity index (χ3n) is 1.65. The fraction of sp³-hybridized carbons (Fsp3) is 0.111. The number of aromatic carboxylic acids is 1. The van der Waals surface area contributed by atoms with E-state index in [-0.39, 0.29) is 0 Å². The van der Waals surface area contributed by atoms with Crippen LogP contribution in [0.1, 0.15) is 16.7 Å². The Balaban J connectivity index is 3.26. The van der Waals surface area contributed by atoms with Crippen molar-refractivity contribution in [2.45, 2.75) is 6.30 Å². The lowest BCUT2D eigenvalue weighted by molar-refractivity contribution is 0.0694. The summed E-state index contributed by atoms with van der Waals surface area (Å²) in [7, 11) is 0. The number of hydrogen-bond donors (Lipinski definition) is 1. The van der Waals surface area contributed by atoms with E-state index in [2.05, 4.69) is 6.58 Å². The number of halogens is 1. The molecular formula is C9H8FNO3. The Labute approximate surface area is 78.9 Å². The lowest BCUT2D eigenvalue weighted by Gasteiger charge is -2.07. The molecule has 1 N–H and O–H groups in total. The topological polar surface area (TPSA) is 59.3 Å². The van der Waals surface area contributed by atoms with Crippen molar-refractivity contribution < 1.29 is 14.3 Å². The van der Waals surface area contributed by atoms with Crippen LogP contribution < -0.4 is 5.43 Å². The van der Waals surface area contributed by atoms with Crippen LogP contribution in [0, 0.1) is 0 Å². The van der Waals surface area contributed by atoms with Crippen molar-refractivity contribution in [3.63, 3.8) is 0 Å². The van der Waals surface area contributed by atoms with Crippen LogP contribution in [-0.4, -0.2) is 15.6 Å². The van der Waals surface area contributed by atoms with Crippen LogP contribution in [0.3, 0.4) is 0 Å². The summed E-state index contributed by atoms with van der Waals surface area (Å²) in [4.78, 5) is 21.5. The predicted octanol–water partition coefficient (Wildman–Crippen LogP) is 1.20. The lowest BCUT2D eigenvalue weighted by atomic mass is 10.3. The first-order valence-electron chi connectivity index (χ1n) is 3.78. The summed E-state index contributed by atoms with van der Waals surface area (Å²) in [5, 5.41) is 8.58. The van der Waals surface area contributed by atoms with Gasteiger partial charge in [0.05, 0.1) is 0 Å². The molecule has 0 spiro atoms. The molecule has 0 amide bonds. The van der Waals surface area contributed by atoms with E-state index in [0.29, 0.717) is 0 Å². The zero-order valence-corrected chi connectivity index (χ0v) is 7.18. The largest absolute Gasteiger partial charge is 0.477 e. The minimum atomic E-state index is -1.53. The Hall–Kier alpha value is -1.91. The van der Waals surface area contributed by atoms with Gasteiger partial charge >= 0.3 is 5.97 Å². The Kier molecular flexibility index (Phi) is 2.81. The number of alkyl halides is 1. The van der Waals surface area contributed by atoms with Crippen LogP contribution in [0.2, 0.25) is 0 Å². The summed E-state index contributed by atoms with van der Waals surface area (Å²) < 4.78 is 13.9. The number of hydrogen-bond acceptors (Lipinski definition) is 2. The van der Waals surface area contributed by atoms with Crippen LogP contribution in [0.4, 0.5) is 4.39 Å². The van der Waals surface area contributed by atoms with E-state index in [1.807, 2.05) is 0 Å². The third kappa shape index (κ3) is 1.87. The average molecular weight is 197 g/mol. The molecule has 1 aromatic rings. The summed E-state index contributed by atoms with van der Waals surface area (Å²) in [6.45, 7) is 3.21. The van der Waals surface area contributed by atoms with Gasteiger partial charge in [-0.1, -0.05) is 6.58 Å². The molecule has 5 heteroatoms. The Morgan fingerprint density at radius 1 is 1.71 bits per heavy atom. The second kappa shape index (κ2) is 3.87. The van der Waals surface area contributed by atoms with Crippen LogP contribution in [0.5, 0.6) is 0 Å². The van der Waals surface area contributed by atoms with Crippen molar-refractivity contribution in [2.24, 2.45) is 0 Å². The van der Waals surface area contributed by atoms with Gasteiger partial charge in [0.2, 0.25) is 0 Å². The molecule has 1 atom stereocenters. The van der Waals surface area contributed by atoms with Crippen LogP contribution in [-0.2, 0) is 0 Å². The van der Waals surface area contributed by atoms with Gasteiger partial charge in [0.25, 0.3) is 0 Å². The molecule has 74 valence electrons. The van der Waals surface area contributed by atoms with Gasteiger partial charge < -0.3 is 9.67 Å². The molecule has 0 aliphatic rings. The zero-order chi connectivity index (χ0) is 10.7. The SMILES string of the molecule is C=CC(F)n1ccc(=O)c(C(=O)O)c1. The zero-order valence-electron chi connectivity index (χ0n) is 7.18. The number of aromatic nitrogens is 1. The summed E-state index contributed by atoms with van der Waals surface area (Å²) in [5.41, 5.74) is -1.11. The quantitative estimate of drug-likeness (QED) is 0.740. The number of rotatable bonds is 3. The number of carboxylic acids is 1. The highest BCUT2D eigenvalue weighted by atomic mass is 19.1. The molecule has 14 heavy (non-hydrogen) atoms. The van der Waals surface area contributed by atoms with Crippen LogP contribution >= 0.6 is 0 Å². The minimum absolute atomic E-state index is 0.461. The summed E-state index contributed by atoms with van der Waals surface area (Å²) in [5.74, 6) is -1.37. The highest BCUT2D eigenvalue weighted by Crippen LogP contribution is 2.08. The standard InChI is InChI=1S/C9H8FNO3/c1-2-8(10)11-4-3-7(12)6(5-11)9(13)14/h2-5,8H,1H2,(H,13,14). The van der Waals surface area contributed by atoms with E-state index in [1.165, 1.54) is 6.20 Å². The van der Waals surface area contributed by atoms with Crippen LogP contribution in [0.25, 0.3) is 0 Å². The van der Waals surface area contributed by atoms with E-state index in [0.717, 1.165) is 22.9 Å². The Bertz CT molecular complexity index is 424. The second-order valence-electron chi connectivity index (χ2n) is 2.58. The molecule has 1 rings (SSSR count). The molecule has 1 heterocycles. The normalized spacial score (nSPS) is 12.1. The predicted molar refractivity (Wildman–Crippen MR) is 48.0 cm³/mol. The molecule has 0 aromatic carbocycles. The van der Waals surface area contributed by atoms with Gasteiger partial charge in [-0.15, -0.1) is 0 Å². The number of nitrogens with zero attached hydrogens (tertiary/aromatic N) is 1. The first-order valence-corrected chi connectivity index (χ1v) is 3.78. The van der Waals surface area contributed by atoms with E-state index < -0.39 is 23.3 Å². The van der Waals surface area contributed by atoms with E-state index in [9.17, 15) is 14.0 Å². The van der Waals surface area contributed by atoms with E-state index >= 15 is 0 Å². The molecule has 0 saturated carbocycles. The summed E-state index contributed by atoms with van der Waals surface area (Å²) >= 11 is 0. The van der Waals surface area contributed by atoms with Crippen molar-refractivity contribution in [1.82, 2.24) is 4.57 Å². The third-order valence-corrected chi connectivity index (χ3v) is 1.65. The number of carbonyl (C=O) groups is 1. The second-order valence-corrected chi connectivity index (χ2v) is 2.58. The highest BCUT2D eigenvalue weighted by Gasteiger charge is 2.10. The van der Waals surface area contributed by atoms with E-state index in [1.54, 1.807) is 0 Å². The molecule has 0 aliphatic carbocycles. The fourth-order valence-corrected chi connectivity index (χ4v) is 0.935. The lowest BCUT2D eigenvalue weighted by Crippen LogP contribution is -2.17. The molecule has 4 nitrogen and oxygen atoms in total. The molecule has 0 radical (unpaired) electrons.